The second-order valence-electron chi connectivity index (χ2n) is 3.71. The number of rotatable bonds is 3. The lowest BCUT2D eigenvalue weighted by molar-refractivity contribution is 0.0999. The number of nitrogens with zero attached hydrogens (tertiary/aromatic N) is 1. The Hall–Kier alpha value is -2.36. The summed E-state index contributed by atoms with van der Waals surface area (Å²) in [5, 5.41) is 9.18. The van der Waals surface area contributed by atoms with Crippen molar-refractivity contribution in [3.05, 3.63) is 59.4 Å². The topological polar surface area (TPSA) is 76.2 Å². The molecule has 0 atom stereocenters. The smallest absolute Gasteiger partial charge is 0.250 e. The first-order valence-electron chi connectivity index (χ1n) is 5.18. The molecule has 2 aromatic rings. The third-order valence-corrected chi connectivity index (χ3v) is 2.46. The summed E-state index contributed by atoms with van der Waals surface area (Å²) in [6.07, 6.45) is 2.14. The van der Waals surface area contributed by atoms with Crippen LogP contribution in [0.15, 0.2) is 42.6 Å². The van der Waals surface area contributed by atoms with Crippen LogP contribution in [-0.2, 0) is 6.42 Å². The van der Waals surface area contributed by atoms with Crippen molar-refractivity contribution in [1.29, 1.82) is 0 Å². The molecule has 1 amide bonds. The number of benzene rings is 1. The number of hydrogen-bond acceptors (Lipinski definition) is 3. The lowest BCUT2D eigenvalue weighted by Gasteiger charge is -2.05. The Kier molecular flexibility index (Phi) is 3.05. The van der Waals surface area contributed by atoms with Crippen molar-refractivity contribution in [2.45, 2.75) is 6.42 Å². The van der Waals surface area contributed by atoms with Crippen LogP contribution in [0.4, 0.5) is 0 Å². The average molecular weight is 228 g/mol. The first-order chi connectivity index (χ1) is 8.16. The monoisotopic (exact) mass is 228 g/mol. The lowest BCUT2D eigenvalue weighted by Crippen LogP contribution is -2.14. The van der Waals surface area contributed by atoms with E-state index in [2.05, 4.69) is 4.98 Å². The predicted molar refractivity (Wildman–Crippen MR) is 63.7 cm³/mol. The number of aromatic nitrogens is 1. The Morgan fingerprint density at radius 3 is 2.59 bits per heavy atom. The molecule has 3 N–H and O–H groups in total. The number of nitrogens with two attached hydrogens (primary N) is 1. The van der Waals surface area contributed by atoms with Gasteiger partial charge in [-0.15, -0.1) is 0 Å². The van der Waals surface area contributed by atoms with E-state index in [1.807, 2.05) is 0 Å². The maximum Gasteiger partial charge on any atom is 0.250 e. The zero-order valence-electron chi connectivity index (χ0n) is 9.13. The minimum atomic E-state index is -0.480. The standard InChI is InChI=1S/C13H12N2O2/c14-13(17)11-2-1-7-15-12(11)8-9-3-5-10(16)6-4-9/h1-7,16H,8H2,(H2,14,17). The van der Waals surface area contributed by atoms with E-state index >= 15 is 0 Å². The van der Waals surface area contributed by atoms with Gasteiger partial charge in [0.1, 0.15) is 5.75 Å². The first kappa shape index (κ1) is 11.1. The van der Waals surface area contributed by atoms with Crippen molar-refractivity contribution in [3.8, 4) is 5.75 Å². The molecule has 0 bridgehead atoms. The van der Waals surface area contributed by atoms with Crippen molar-refractivity contribution in [1.82, 2.24) is 4.98 Å². The maximum absolute atomic E-state index is 11.2. The van der Waals surface area contributed by atoms with E-state index in [0.29, 0.717) is 17.7 Å². The molecule has 0 fully saturated rings. The fourth-order valence-corrected chi connectivity index (χ4v) is 1.61. The van der Waals surface area contributed by atoms with Gasteiger partial charge in [0, 0.05) is 12.6 Å². The number of pyridine rings is 1. The van der Waals surface area contributed by atoms with Gasteiger partial charge < -0.3 is 10.8 Å². The normalized spacial score (nSPS) is 10.1. The number of primary amides is 1. The zero-order chi connectivity index (χ0) is 12.3. The van der Waals surface area contributed by atoms with E-state index < -0.39 is 5.91 Å². The van der Waals surface area contributed by atoms with Crippen molar-refractivity contribution >= 4 is 5.91 Å². The fraction of sp³-hybridized carbons (Fsp3) is 0.0769. The van der Waals surface area contributed by atoms with Crippen molar-refractivity contribution < 1.29 is 9.90 Å². The molecule has 4 nitrogen and oxygen atoms in total. The van der Waals surface area contributed by atoms with Crippen LogP contribution in [0.5, 0.6) is 5.75 Å². The Bertz CT molecular complexity index is 535. The summed E-state index contributed by atoms with van der Waals surface area (Å²) in [5.74, 6) is -0.267. The SMILES string of the molecule is NC(=O)c1cccnc1Cc1ccc(O)cc1. The van der Waals surface area contributed by atoms with Gasteiger partial charge in [-0.25, -0.2) is 0 Å². The molecule has 0 aliphatic rings. The summed E-state index contributed by atoms with van der Waals surface area (Å²) in [5.41, 5.74) is 7.31. The molecule has 1 heterocycles. The number of aromatic hydroxyl groups is 1. The van der Waals surface area contributed by atoms with Gasteiger partial charge in [0.15, 0.2) is 0 Å². The highest BCUT2D eigenvalue weighted by Gasteiger charge is 2.08. The van der Waals surface area contributed by atoms with Gasteiger partial charge in [-0.05, 0) is 29.8 Å². The van der Waals surface area contributed by atoms with Gasteiger partial charge in [-0.2, -0.15) is 0 Å². The van der Waals surface area contributed by atoms with E-state index in [9.17, 15) is 9.90 Å². The maximum atomic E-state index is 11.2. The van der Waals surface area contributed by atoms with Crippen molar-refractivity contribution in [2.24, 2.45) is 5.73 Å². The molecule has 4 heteroatoms. The Labute approximate surface area is 98.7 Å². The van der Waals surface area contributed by atoms with Crippen LogP contribution in [0.3, 0.4) is 0 Å². The number of phenolic OH excluding ortho intramolecular Hbond substituents is 1. The van der Waals surface area contributed by atoms with Gasteiger partial charge in [0.25, 0.3) is 5.91 Å². The molecular formula is C13H12N2O2. The van der Waals surface area contributed by atoms with E-state index in [4.69, 9.17) is 5.73 Å². The second-order valence-corrected chi connectivity index (χ2v) is 3.71. The van der Waals surface area contributed by atoms with Gasteiger partial charge >= 0.3 is 0 Å². The minimum Gasteiger partial charge on any atom is -0.508 e. The molecular weight excluding hydrogens is 216 g/mol. The first-order valence-corrected chi connectivity index (χ1v) is 5.18. The summed E-state index contributed by atoms with van der Waals surface area (Å²) < 4.78 is 0. The van der Waals surface area contributed by atoms with Crippen LogP contribution in [0.25, 0.3) is 0 Å². The molecule has 1 aromatic heterocycles. The summed E-state index contributed by atoms with van der Waals surface area (Å²) >= 11 is 0. The van der Waals surface area contributed by atoms with E-state index in [-0.39, 0.29) is 5.75 Å². The zero-order valence-corrected chi connectivity index (χ0v) is 9.13. The predicted octanol–water partition coefficient (Wildman–Crippen LogP) is 1.48. The Balaban J connectivity index is 2.30. The van der Waals surface area contributed by atoms with Gasteiger partial charge in [-0.3, -0.25) is 9.78 Å². The van der Waals surface area contributed by atoms with E-state index in [1.54, 1.807) is 42.6 Å². The Morgan fingerprint density at radius 2 is 1.94 bits per heavy atom. The van der Waals surface area contributed by atoms with Crippen LogP contribution < -0.4 is 5.73 Å². The third kappa shape index (κ3) is 2.60. The minimum absolute atomic E-state index is 0.213. The molecule has 17 heavy (non-hydrogen) atoms. The molecule has 0 aliphatic carbocycles. The summed E-state index contributed by atoms with van der Waals surface area (Å²) in [7, 11) is 0. The van der Waals surface area contributed by atoms with Crippen LogP contribution in [0, 0.1) is 0 Å². The quantitative estimate of drug-likeness (QED) is 0.835. The summed E-state index contributed by atoms with van der Waals surface area (Å²) in [6, 6.07) is 10.1. The van der Waals surface area contributed by atoms with Crippen molar-refractivity contribution in [3.63, 3.8) is 0 Å². The number of phenols is 1. The number of amides is 1. The highest BCUT2D eigenvalue weighted by Crippen LogP contribution is 2.14. The molecule has 0 saturated carbocycles. The second kappa shape index (κ2) is 4.65. The molecule has 1 aromatic carbocycles. The largest absolute Gasteiger partial charge is 0.508 e. The molecule has 0 radical (unpaired) electrons. The van der Waals surface area contributed by atoms with Gasteiger partial charge in [0.2, 0.25) is 0 Å². The van der Waals surface area contributed by atoms with Crippen LogP contribution in [-0.4, -0.2) is 16.0 Å². The molecule has 0 spiro atoms. The van der Waals surface area contributed by atoms with Crippen LogP contribution in [0.2, 0.25) is 0 Å². The van der Waals surface area contributed by atoms with Gasteiger partial charge in [-0.1, -0.05) is 12.1 Å². The lowest BCUT2D eigenvalue weighted by atomic mass is 10.0. The Morgan fingerprint density at radius 1 is 1.24 bits per heavy atom. The highest BCUT2D eigenvalue weighted by atomic mass is 16.3. The van der Waals surface area contributed by atoms with Crippen molar-refractivity contribution in [2.75, 3.05) is 0 Å². The highest BCUT2D eigenvalue weighted by molar-refractivity contribution is 5.93. The molecule has 86 valence electrons. The summed E-state index contributed by atoms with van der Waals surface area (Å²) in [6.45, 7) is 0. The third-order valence-electron chi connectivity index (χ3n) is 2.46. The fourth-order valence-electron chi connectivity index (χ4n) is 1.61. The van der Waals surface area contributed by atoms with E-state index in [0.717, 1.165) is 5.56 Å². The van der Waals surface area contributed by atoms with Crippen LogP contribution in [0.1, 0.15) is 21.6 Å². The molecule has 0 aliphatic heterocycles. The number of carbonyl (C=O) groups is 1. The van der Waals surface area contributed by atoms with E-state index in [1.165, 1.54) is 0 Å². The van der Waals surface area contributed by atoms with Gasteiger partial charge in [0.05, 0.1) is 11.3 Å². The molecule has 0 unspecified atom stereocenters. The summed E-state index contributed by atoms with van der Waals surface area (Å²) in [4.78, 5) is 15.4. The van der Waals surface area contributed by atoms with Crippen LogP contribution >= 0.6 is 0 Å². The molecule has 2 rings (SSSR count). The molecule has 0 saturated heterocycles. The average Bonchev–Trinajstić information content (AvgIpc) is 2.32. The number of hydrogen-bond donors (Lipinski definition) is 2. The number of carbonyl (C=O) groups excluding carboxylic acids is 1.